The van der Waals surface area contributed by atoms with Crippen molar-refractivity contribution in [2.75, 3.05) is 11.4 Å². The number of ether oxygens (including phenoxy) is 1. The predicted molar refractivity (Wildman–Crippen MR) is 109 cm³/mol. The van der Waals surface area contributed by atoms with Crippen molar-refractivity contribution in [3.63, 3.8) is 0 Å². The normalized spacial score (nSPS) is 12.4. The van der Waals surface area contributed by atoms with Crippen LogP contribution >= 0.6 is 0 Å². The molecular weight excluding hydrogens is 377 g/mol. The summed E-state index contributed by atoms with van der Waals surface area (Å²) < 4.78 is 46.9. The third-order valence-corrected chi connectivity index (χ3v) is 6.60. The molecule has 0 bridgehead atoms. The van der Waals surface area contributed by atoms with Gasteiger partial charge in [0.15, 0.2) is 0 Å². The van der Waals surface area contributed by atoms with E-state index in [2.05, 4.69) is 0 Å². The van der Waals surface area contributed by atoms with Gasteiger partial charge in [0.2, 0.25) is 0 Å². The summed E-state index contributed by atoms with van der Waals surface area (Å²) in [6.07, 6.45) is 0. The molecule has 4 nitrogen and oxygen atoms in total. The monoisotopic (exact) mass is 399 g/mol. The molecule has 0 aliphatic carbocycles. The molecule has 3 aromatic rings. The first kappa shape index (κ1) is 19.9. The minimum atomic E-state index is -3.93. The molecule has 0 saturated heterocycles. The third-order valence-electron chi connectivity index (χ3n) is 4.69. The van der Waals surface area contributed by atoms with Gasteiger partial charge in [-0.3, -0.25) is 4.31 Å². The minimum Gasteiger partial charge on any atom is -0.497 e. The van der Waals surface area contributed by atoms with Crippen molar-refractivity contribution in [3.05, 3.63) is 89.7 Å². The Labute approximate surface area is 165 Å². The maximum Gasteiger partial charge on any atom is 0.264 e. The van der Waals surface area contributed by atoms with Crippen molar-refractivity contribution in [2.45, 2.75) is 24.8 Å². The van der Waals surface area contributed by atoms with Gasteiger partial charge >= 0.3 is 0 Å². The molecule has 0 spiro atoms. The van der Waals surface area contributed by atoms with Gasteiger partial charge in [-0.2, -0.15) is 0 Å². The Bertz CT molecular complexity index is 1050. The number of sulfonamides is 1. The van der Waals surface area contributed by atoms with Gasteiger partial charge in [0.1, 0.15) is 11.6 Å². The number of benzene rings is 3. The van der Waals surface area contributed by atoms with E-state index in [0.717, 1.165) is 23.3 Å². The maximum atomic E-state index is 13.5. The van der Waals surface area contributed by atoms with Crippen molar-refractivity contribution in [1.29, 1.82) is 0 Å². The Kier molecular flexibility index (Phi) is 5.70. The SMILES string of the molecule is COc1ccc(N(C(C)c2ccccc2C)S(=O)(=O)c2ccc(F)cc2)cc1. The van der Waals surface area contributed by atoms with Crippen LogP contribution in [-0.4, -0.2) is 15.5 Å². The highest BCUT2D eigenvalue weighted by Gasteiger charge is 2.31. The molecule has 6 heteroatoms. The number of halogens is 1. The number of rotatable bonds is 6. The van der Waals surface area contributed by atoms with Crippen LogP contribution < -0.4 is 9.04 Å². The minimum absolute atomic E-state index is 0.0325. The molecule has 3 rings (SSSR count). The van der Waals surface area contributed by atoms with Crippen molar-refractivity contribution in [2.24, 2.45) is 0 Å². The molecule has 0 amide bonds. The van der Waals surface area contributed by atoms with E-state index in [-0.39, 0.29) is 4.90 Å². The standard InChI is InChI=1S/C22H22FNO3S/c1-16-6-4-5-7-22(16)17(2)24(19-10-12-20(27-3)13-11-19)28(25,26)21-14-8-18(23)9-15-21/h4-15,17H,1-3H3. The van der Waals surface area contributed by atoms with Crippen LogP contribution in [0.15, 0.2) is 77.7 Å². The highest BCUT2D eigenvalue weighted by Crippen LogP contribution is 2.35. The number of hydrogen-bond acceptors (Lipinski definition) is 3. The van der Waals surface area contributed by atoms with Crippen molar-refractivity contribution in [1.82, 2.24) is 0 Å². The molecule has 0 heterocycles. The van der Waals surface area contributed by atoms with Gasteiger partial charge in [0.05, 0.1) is 23.7 Å². The lowest BCUT2D eigenvalue weighted by molar-refractivity contribution is 0.415. The summed E-state index contributed by atoms with van der Waals surface area (Å²) in [5, 5.41) is 0. The zero-order valence-electron chi connectivity index (χ0n) is 16.0. The highest BCUT2D eigenvalue weighted by molar-refractivity contribution is 7.92. The Balaban J connectivity index is 2.15. The Morgan fingerprint density at radius 1 is 0.929 bits per heavy atom. The van der Waals surface area contributed by atoms with Crippen molar-refractivity contribution >= 4 is 15.7 Å². The van der Waals surface area contributed by atoms with Gasteiger partial charge in [-0.15, -0.1) is 0 Å². The van der Waals surface area contributed by atoms with Crippen LogP contribution in [0.3, 0.4) is 0 Å². The maximum absolute atomic E-state index is 13.5. The molecule has 0 saturated carbocycles. The fourth-order valence-electron chi connectivity index (χ4n) is 3.20. The Morgan fingerprint density at radius 2 is 1.54 bits per heavy atom. The summed E-state index contributed by atoms with van der Waals surface area (Å²) in [7, 11) is -2.38. The quantitative estimate of drug-likeness (QED) is 0.579. The molecule has 0 radical (unpaired) electrons. The van der Waals surface area contributed by atoms with E-state index >= 15 is 0 Å². The van der Waals surface area contributed by atoms with E-state index in [1.54, 1.807) is 31.4 Å². The summed E-state index contributed by atoms with van der Waals surface area (Å²) in [4.78, 5) is 0.0325. The number of hydrogen-bond donors (Lipinski definition) is 0. The highest BCUT2D eigenvalue weighted by atomic mass is 32.2. The number of methoxy groups -OCH3 is 1. The Morgan fingerprint density at radius 3 is 2.11 bits per heavy atom. The smallest absolute Gasteiger partial charge is 0.264 e. The molecule has 3 aromatic carbocycles. The molecule has 1 unspecified atom stereocenters. The van der Waals surface area contributed by atoms with E-state index in [4.69, 9.17) is 4.74 Å². The number of anilines is 1. The van der Waals surface area contributed by atoms with E-state index < -0.39 is 21.9 Å². The van der Waals surface area contributed by atoms with Gasteiger partial charge in [0, 0.05) is 0 Å². The molecule has 0 aromatic heterocycles. The zero-order valence-corrected chi connectivity index (χ0v) is 16.8. The first-order chi connectivity index (χ1) is 13.3. The van der Waals surface area contributed by atoms with Gasteiger partial charge in [-0.1, -0.05) is 24.3 Å². The molecule has 0 aliphatic rings. The van der Waals surface area contributed by atoms with E-state index in [1.807, 2.05) is 38.1 Å². The first-order valence-corrected chi connectivity index (χ1v) is 10.3. The number of aryl methyl sites for hydroxylation is 1. The van der Waals surface area contributed by atoms with Gasteiger partial charge < -0.3 is 4.74 Å². The largest absolute Gasteiger partial charge is 0.497 e. The summed E-state index contributed by atoms with van der Waals surface area (Å²) in [5.41, 5.74) is 2.38. The third kappa shape index (κ3) is 3.87. The average Bonchev–Trinajstić information content (AvgIpc) is 2.69. The summed E-state index contributed by atoms with van der Waals surface area (Å²) in [6.45, 7) is 3.79. The van der Waals surface area contributed by atoms with Crippen LogP contribution in [0.2, 0.25) is 0 Å². The van der Waals surface area contributed by atoms with Gasteiger partial charge in [0.25, 0.3) is 10.0 Å². The van der Waals surface area contributed by atoms with Crippen molar-refractivity contribution in [3.8, 4) is 5.75 Å². The van der Waals surface area contributed by atoms with E-state index in [9.17, 15) is 12.8 Å². The number of nitrogens with zero attached hydrogens (tertiary/aromatic N) is 1. The lowest BCUT2D eigenvalue weighted by Gasteiger charge is -2.31. The molecule has 28 heavy (non-hydrogen) atoms. The first-order valence-electron chi connectivity index (χ1n) is 8.84. The van der Waals surface area contributed by atoms with Crippen LogP contribution in [-0.2, 0) is 10.0 Å². The second-order valence-corrected chi connectivity index (χ2v) is 8.30. The topological polar surface area (TPSA) is 46.6 Å². The fourth-order valence-corrected chi connectivity index (χ4v) is 4.84. The summed E-state index contributed by atoms with van der Waals surface area (Å²) in [6, 6.07) is 18.9. The van der Waals surface area contributed by atoms with Crippen LogP contribution in [0.1, 0.15) is 24.1 Å². The molecule has 0 fully saturated rings. The summed E-state index contributed by atoms with van der Waals surface area (Å²) in [5.74, 6) is 0.147. The Hall–Kier alpha value is -2.86. The van der Waals surface area contributed by atoms with Crippen LogP contribution in [0.5, 0.6) is 5.75 Å². The lowest BCUT2D eigenvalue weighted by atomic mass is 10.0. The molecule has 0 N–H and O–H groups in total. The van der Waals surface area contributed by atoms with E-state index in [0.29, 0.717) is 11.4 Å². The second kappa shape index (κ2) is 8.02. The van der Waals surface area contributed by atoms with Crippen LogP contribution in [0.4, 0.5) is 10.1 Å². The zero-order chi connectivity index (χ0) is 20.3. The van der Waals surface area contributed by atoms with E-state index in [1.165, 1.54) is 16.4 Å². The van der Waals surface area contributed by atoms with Gasteiger partial charge in [-0.25, -0.2) is 12.8 Å². The lowest BCUT2D eigenvalue weighted by Crippen LogP contribution is -2.34. The molecule has 0 aliphatic heterocycles. The molecule has 1 atom stereocenters. The van der Waals surface area contributed by atoms with Crippen molar-refractivity contribution < 1.29 is 17.5 Å². The molecular formula is C22H22FNO3S. The predicted octanol–water partition coefficient (Wildman–Crippen LogP) is 5.10. The van der Waals surface area contributed by atoms with Crippen LogP contribution in [0, 0.1) is 12.7 Å². The van der Waals surface area contributed by atoms with Crippen LogP contribution in [0.25, 0.3) is 0 Å². The average molecular weight is 399 g/mol. The molecule has 146 valence electrons. The summed E-state index contributed by atoms with van der Waals surface area (Å²) >= 11 is 0. The van der Waals surface area contributed by atoms with Gasteiger partial charge in [-0.05, 0) is 73.5 Å². The fraction of sp³-hybridized carbons (Fsp3) is 0.182. The second-order valence-electron chi connectivity index (χ2n) is 6.49.